The number of amides is 2. The molecule has 2 aromatic carbocycles. The van der Waals surface area contributed by atoms with E-state index in [4.69, 9.17) is 9.84 Å². The van der Waals surface area contributed by atoms with Crippen LogP contribution in [0, 0.1) is 0 Å². The van der Waals surface area contributed by atoms with Crippen LogP contribution in [0.4, 0.5) is 10.5 Å². The van der Waals surface area contributed by atoms with Gasteiger partial charge in [-0.25, -0.2) is 9.59 Å². The van der Waals surface area contributed by atoms with Gasteiger partial charge in [0.15, 0.2) is 5.72 Å². The number of urea groups is 1. The Labute approximate surface area is 138 Å². The summed E-state index contributed by atoms with van der Waals surface area (Å²) in [6.07, 6.45) is 0.608. The molecule has 24 heavy (non-hydrogen) atoms. The standard InChI is InChI=1S/C18H16N2O4/c1-18-10-14(13-4-2-3-5-15(13)24-18)19-17(23)20(18)12-8-6-11(7-9-12)16(21)22/h2-9,14H,10H2,1H3,(H,19,23)(H,21,22)/t14-,18-/m0/s1. The van der Waals surface area contributed by atoms with Crippen molar-refractivity contribution in [3.05, 3.63) is 59.7 Å². The van der Waals surface area contributed by atoms with Gasteiger partial charge in [0.1, 0.15) is 5.75 Å². The fourth-order valence-corrected chi connectivity index (χ4v) is 3.47. The molecule has 2 aliphatic heterocycles. The lowest BCUT2D eigenvalue weighted by atomic mass is 9.90. The van der Waals surface area contributed by atoms with Gasteiger partial charge >= 0.3 is 12.0 Å². The molecule has 0 saturated carbocycles. The molecule has 2 atom stereocenters. The largest absolute Gasteiger partial charge is 0.478 e. The molecule has 0 unspecified atom stereocenters. The van der Waals surface area contributed by atoms with Gasteiger partial charge in [-0.1, -0.05) is 18.2 Å². The van der Waals surface area contributed by atoms with Gasteiger partial charge in [0.2, 0.25) is 0 Å². The molecule has 2 aliphatic rings. The molecule has 1 saturated heterocycles. The first-order valence-electron chi connectivity index (χ1n) is 7.70. The Bertz CT molecular complexity index is 833. The van der Waals surface area contributed by atoms with E-state index in [1.54, 1.807) is 17.0 Å². The van der Waals surface area contributed by atoms with Gasteiger partial charge in [-0.2, -0.15) is 0 Å². The molecule has 2 aromatic rings. The zero-order valence-electron chi connectivity index (χ0n) is 13.0. The monoisotopic (exact) mass is 324 g/mol. The first kappa shape index (κ1) is 14.6. The van der Waals surface area contributed by atoms with Crippen LogP contribution in [0.1, 0.15) is 35.3 Å². The van der Waals surface area contributed by atoms with Crippen LogP contribution in [-0.2, 0) is 0 Å². The van der Waals surface area contributed by atoms with Gasteiger partial charge in [0.25, 0.3) is 0 Å². The number of fused-ring (bicyclic) bond motifs is 4. The molecule has 2 N–H and O–H groups in total. The molecule has 122 valence electrons. The number of carbonyl (C=O) groups is 2. The zero-order chi connectivity index (χ0) is 16.9. The summed E-state index contributed by atoms with van der Waals surface area (Å²) < 4.78 is 6.15. The van der Waals surface area contributed by atoms with Gasteiger partial charge < -0.3 is 15.2 Å². The molecule has 2 amide bonds. The normalized spacial score (nSPS) is 24.6. The van der Waals surface area contributed by atoms with Gasteiger partial charge in [-0.05, 0) is 37.3 Å². The predicted octanol–water partition coefficient (Wildman–Crippen LogP) is 3.15. The Kier molecular flexibility index (Phi) is 3.03. The van der Waals surface area contributed by atoms with Crippen LogP contribution in [0.25, 0.3) is 0 Å². The highest BCUT2D eigenvalue weighted by molar-refractivity contribution is 5.95. The van der Waals surface area contributed by atoms with Gasteiger partial charge in [-0.15, -0.1) is 0 Å². The Morgan fingerprint density at radius 3 is 2.67 bits per heavy atom. The average Bonchev–Trinajstić information content (AvgIpc) is 2.54. The van der Waals surface area contributed by atoms with E-state index in [1.165, 1.54) is 12.1 Å². The lowest BCUT2D eigenvalue weighted by Crippen LogP contribution is -2.65. The minimum absolute atomic E-state index is 0.0954. The molecule has 2 bridgehead atoms. The highest BCUT2D eigenvalue weighted by Crippen LogP contribution is 2.45. The van der Waals surface area contributed by atoms with Crippen LogP contribution < -0.4 is 15.0 Å². The molecule has 6 nitrogen and oxygen atoms in total. The van der Waals surface area contributed by atoms with E-state index in [1.807, 2.05) is 31.2 Å². The number of carbonyl (C=O) groups excluding carboxylic acids is 1. The summed E-state index contributed by atoms with van der Waals surface area (Å²) in [5.41, 5.74) is 0.919. The second-order valence-corrected chi connectivity index (χ2v) is 6.21. The summed E-state index contributed by atoms with van der Waals surface area (Å²) in [5.74, 6) is -0.248. The summed E-state index contributed by atoms with van der Waals surface area (Å²) >= 11 is 0. The summed E-state index contributed by atoms with van der Waals surface area (Å²) in [6.45, 7) is 1.87. The minimum Gasteiger partial charge on any atom is -0.478 e. The van der Waals surface area contributed by atoms with Crippen molar-refractivity contribution in [3.8, 4) is 5.75 Å². The average molecular weight is 324 g/mol. The number of hydrogen-bond acceptors (Lipinski definition) is 3. The maximum Gasteiger partial charge on any atom is 0.335 e. The molecule has 6 heteroatoms. The Balaban J connectivity index is 1.75. The molecular formula is C18H16N2O4. The fraction of sp³-hybridized carbons (Fsp3) is 0.222. The smallest absolute Gasteiger partial charge is 0.335 e. The van der Waals surface area contributed by atoms with Crippen molar-refractivity contribution in [2.45, 2.75) is 25.1 Å². The molecule has 0 aliphatic carbocycles. The second kappa shape index (κ2) is 4.99. The van der Waals surface area contributed by atoms with Gasteiger partial charge in [0.05, 0.1) is 11.6 Å². The van der Waals surface area contributed by atoms with Crippen LogP contribution in [0.2, 0.25) is 0 Å². The summed E-state index contributed by atoms with van der Waals surface area (Å²) in [6, 6.07) is 13.5. The lowest BCUT2D eigenvalue weighted by Gasteiger charge is -2.50. The van der Waals surface area contributed by atoms with Crippen molar-refractivity contribution in [1.82, 2.24) is 5.32 Å². The third-order valence-electron chi connectivity index (χ3n) is 4.55. The van der Waals surface area contributed by atoms with Crippen LogP contribution in [0.3, 0.4) is 0 Å². The number of anilines is 1. The lowest BCUT2D eigenvalue weighted by molar-refractivity contribution is 0.0379. The van der Waals surface area contributed by atoms with E-state index in [0.29, 0.717) is 12.1 Å². The van der Waals surface area contributed by atoms with Crippen molar-refractivity contribution >= 4 is 17.7 Å². The number of aromatic carboxylic acids is 1. The van der Waals surface area contributed by atoms with Gasteiger partial charge in [0, 0.05) is 17.7 Å². The zero-order valence-corrected chi connectivity index (χ0v) is 13.0. The van der Waals surface area contributed by atoms with Crippen LogP contribution in [0.15, 0.2) is 48.5 Å². The van der Waals surface area contributed by atoms with Crippen molar-refractivity contribution in [2.24, 2.45) is 0 Å². The van der Waals surface area contributed by atoms with Crippen LogP contribution >= 0.6 is 0 Å². The van der Waals surface area contributed by atoms with E-state index in [0.717, 1.165) is 11.3 Å². The van der Waals surface area contributed by atoms with Crippen molar-refractivity contribution in [3.63, 3.8) is 0 Å². The van der Waals surface area contributed by atoms with Crippen molar-refractivity contribution in [1.29, 1.82) is 0 Å². The number of nitrogens with zero attached hydrogens (tertiary/aromatic N) is 1. The van der Waals surface area contributed by atoms with E-state index in [9.17, 15) is 9.59 Å². The molecule has 0 radical (unpaired) electrons. The van der Waals surface area contributed by atoms with Crippen LogP contribution in [0.5, 0.6) is 5.75 Å². The topological polar surface area (TPSA) is 78.9 Å². The highest BCUT2D eigenvalue weighted by Gasteiger charge is 2.49. The SMILES string of the molecule is C[C@]12C[C@H](NC(=O)N1c1ccc(C(=O)O)cc1)c1ccccc1O2. The molecule has 0 aromatic heterocycles. The number of hydrogen-bond donors (Lipinski definition) is 2. The number of ether oxygens (including phenoxy) is 1. The summed E-state index contributed by atoms with van der Waals surface area (Å²) in [4.78, 5) is 25.2. The first-order chi connectivity index (χ1) is 11.5. The quantitative estimate of drug-likeness (QED) is 0.889. The Morgan fingerprint density at radius 1 is 1.25 bits per heavy atom. The van der Waals surface area contributed by atoms with Crippen molar-refractivity contribution < 1.29 is 19.4 Å². The molecular weight excluding hydrogens is 308 g/mol. The second-order valence-electron chi connectivity index (χ2n) is 6.21. The molecule has 2 heterocycles. The molecule has 1 fully saturated rings. The maximum atomic E-state index is 12.7. The van der Waals surface area contributed by atoms with E-state index < -0.39 is 11.7 Å². The van der Waals surface area contributed by atoms with E-state index in [-0.39, 0.29) is 17.6 Å². The number of carboxylic acid groups (broad SMARTS) is 1. The predicted molar refractivity (Wildman–Crippen MR) is 87.2 cm³/mol. The highest BCUT2D eigenvalue weighted by atomic mass is 16.5. The number of rotatable bonds is 2. The first-order valence-corrected chi connectivity index (χ1v) is 7.70. The Hall–Kier alpha value is -3.02. The van der Waals surface area contributed by atoms with E-state index in [2.05, 4.69) is 5.32 Å². The molecule has 0 spiro atoms. The van der Waals surface area contributed by atoms with E-state index >= 15 is 0 Å². The third kappa shape index (κ3) is 2.11. The Morgan fingerprint density at radius 2 is 1.96 bits per heavy atom. The minimum atomic E-state index is -1.00. The fourth-order valence-electron chi connectivity index (χ4n) is 3.47. The van der Waals surface area contributed by atoms with Gasteiger partial charge in [-0.3, -0.25) is 4.90 Å². The molecule has 4 rings (SSSR count). The number of benzene rings is 2. The number of para-hydroxylation sites is 1. The summed E-state index contributed by atoms with van der Waals surface area (Å²) in [5, 5.41) is 12.0. The van der Waals surface area contributed by atoms with Crippen LogP contribution in [-0.4, -0.2) is 22.8 Å². The van der Waals surface area contributed by atoms with Crippen molar-refractivity contribution in [2.75, 3.05) is 4.90 Å². The summed E-state index contributed by atoms with van der Waals surface area (Å²) in [7, 11) is 0. The number of carboxylic acids is 1. The maximum absolute atomic E-state index is 12.7. The third-order valence-corrected chi connectivity index (χ3v) is 4.55. The number of nitrogens with one attached hydrogen (secondary N) is 1.